The molecule has 1 atom stereocenters. The van der Waals surface area contributed by atoms with E-state index in [1.807, 2.05) is 0 Å². The summed E-state index contributed by atoms with van der Waals surface area (Å²) < 4.78 is 9.82. The van der Waals surface area contributed by atoms with Crippen molar-refractivity contribution in [2.75, 3.05) is 7.11 Å². The van der Waals surface area contributed by atoms with Crippen molar-refractivity contribution in [2.24, 2.45) is 0 Å². The van der Waals surface area contributed by atoms with Crippen molar-refractivity contribution >= 4 is 12.3 Å². The second-order valence-corrected chi connectivity index (χ2v) is 3.13. The highest BCUT2D eigenvalue weighted by Gasteiger charge is 2.15. The summed E-state index contributed by atoms with van der Waals surface area (Å²) in [4.78, 5) is 21.7. The molecule has 0 saturated heterocycles. The lowest BCUT2D eigenvalue weighted by atomic mass is 10.2. The Balaban J connectivity index is 3.00. The van der Waals surface area contributed by atoms with Gasteiger partial charge in [0.15, 0.2) is 11.5 Å². The number of benzene rings is 1. The molecule has 0 saturated carbocycles. The van der Waals surface area contributed by atoms with Gasteiger partial charge in [0, 0.05) is 5.56 Å². The minimum atomic E-state index is -1.23. The molecule has 1 N–H and O–H groups in total. The third-order valence-corrected chi connectivity index (χ3v) is 1.88. The van der Waals surface area contributed by atoms with Gasteiger partial charge >= 0.3 is 5.97 Å². The van der Waals surface area contributed by atoms with E-state index in [0.29, 0.717) is 17.6 Å². The molecule has 0 aliphatic carbocycles. The summed E-state index contributed by atoms with van der Waals surface area (Å²) in [6.45, 7) is 1.29. The molecule has 0 aliphatic heterocycles. The van der Waals surface area contributed by atoms with Crippen LogP contribution in [0.1, 0.15) is 17.3 Å². The average molecular weight is 224 g/mol. The Morgan fingerprint density at radius 3 is 2.62 bits per heavy atom. The van der Waals surface area contributed by atoms with Crippen LogP contribution >= 0.6 is 0 Å². The topological polar surface area (TPSA) is 72.8 Å². The maximum Gasteiger partial charge on any atom is 0.340 e. The number of aliphatic hydroxyl groups excluding tert-OH is 1. The number of rotatable bonds is 4. The molecule has 16 heavy (non-hydrogen) atoms. The predicted octanol–water partition coefficient (Wildman–Crippen LogP) is 0.794. The molecule has 5 heteroatoms. The number of ether oxygens (including phenoxy) is 2. The van der Waals surface area contributed by atoms with Gasteiger partial charge in [-0.2, -0.15) is 0 Å². The number of carbonyl (C=O) groups is 2. The van der Waals surface area contributed by atoms with Crippen LogP contribution in [0.5, 0.6) is 11.5 Å². The lowest BCUT2D eigenvalue weighted by Gasteiger charge is -2.10. The first-order valence-corrected chi connectivity index (χ1v) is 4.61. The van der Waals surface area contributed by atoms with Crippen molar-refractivity contribution in [1.29, 1.82) is 0 Å². The van der Waals surface area contributed by atoms with Gasteiger partial charge < -0.3 is 14.6 Å². The summed E-state index contributed by atoms with van der Waals surface area (Å²) in [7, 11) is 1.41. The van der Waals surface area contributed by atoms with Crippen molar-refractivity contribution in [3.05, 3.63) is 23.8 Å². The first kappa shape index (κ1) is 12.2. The van der Waals surface area contributed by atoms with E-state index in [-0.39, 0.29) is 5.75 Å². The summed E-state index contributed by atoms with van der Waals surface area (Å²) in [5.41, 5.74) is 0.356. The maximum absolute atomic E-state index is 11.2. The van der Waals surface area contributed by atoms with E-state index in [2.05, 4.69) is 0 Å². The van der Waals surface area contributed by atoms with Crippen LogP contribution in [0.3, 0.4) is 0 Å². The lowest BCUT2D eigenvalue weighted by Crippen LogP contribution is -2.22. The molecule has 0 bridgehead atoms. The minimum absolute atomic E-state index is 0.109. The molecule has 1 aromatic rings. The molecule has 0 amide bonds. The van der Waals surface area contributed by atoms with E-state index in [4.69, 9.17) is 14.6 Å². The third kappa shape index (κ3) is 2.80. The van der Waals surface area contributed by atoms with Gasteiger partial charge in [-0.1, -0.05) is 0 Å². The molecule has 0 aromatic heterocycles. The summed E-state index contributed by atoms with van der Waals surface area (Å²) in [6, 6.07) is 4.41. The first-order valence-electron chi connectivity index (χ1n) is 4.61. The number of hydrogen-bond acceptors (Lipinski definition) is 5. The van der Waals surface area contributed by atoms with E-state index >= 15 is 0 Å². The number of esters is 1. The molecule has 0 spiro atoms. The number of aliphatic hydroxyl groups is 1. The molecule has 5 nitrogen and oxygen atoms in total. The summed E-state index contributed by atoms with van der Waals surface area (Å²) in [5, 5.41) is 8.99. The predicted molar refractivity (Wildman–Crippen MR) is 55.7 cm³/mol. The van der Waals surface area contributed by atoms with Gasteiger partial charge in [0.2, 0.25) is 0 Å². The standard InChI is InChI=1S/C11H12O5/c1-7(13)11(14)16-10-5-8(6-12)3-4-9(10)15-2/h3-7,13H,1-2H3. The van der Waals surface area contributed by atoms with Gasteiger partial charge in [-0.05, 0) is 25.1 Å². The lowest BCUT2D eigenvalue weighted by molar-refractivity contribution is -0.142. The summed E-state index contributed by atoms with van der Waals surface area (Å²) in [5.74, 6) is -0.376. The highest BCUT2D eigenvalue weighted by atomic mass is 16.6. The highest BCUT2D eigenvalue weighted by molar-refractivity contribution is 5.80. The summed E-state index contributed by atoms with van der Waals surface area (Å²) in [6.07, 6.45) is -0.608. The van der Waals surface area contributed by atoms with Crippen molar-refractivity contribution in [1.82, 2.24) is 0 Å². The van der Waals surface area contributed by atoms with Gasteiger partial charge in [0.25, 0.3) is 0 Å². The second-order valence-electron chi connectivity index (χ2n) is 3.13. The Bertz CT molecular complexity index is 397. The quantitative estimate of drug-likeness (QED) is 0.465. The number of carbonyl (C=O) groups excluding carboxylic acids is 2. The van der Waals surface area contributed by atoms with Crippen LogP contribution in [0, 0.1) is 0 Å². The summed E-state index contributed by atoms with van der Waals surface area (Å²) >= 11 is 0. The van der Waals surface area contributed by atoms with Gasteiger partial charge in [-0.15, -0.1) is 0 Å². The third-order valence-electron chi connectivity index (χ3n) is 1.88. The largest absolute Gasteiger partial charge is 0.493 e. The molecular weight excluding hydrogens is 212 g/mol. The fourth-order valence-electron chi connectivity index (χ4n) is 1.04. The van der Waals surface area contributed by atoms with Crippen molar-refractivity contribution in [3.8, 4) is 11.5 Å². The maximum atomic E-state index is 11.2. The Labute approximate surface area is 92.6 Å². The number of hydrogen-bond donors (Lipinski definition) is 1. The normalized spacial score (nSPS) is 11.7. The first-order chi connectivity index (χ1) is 7.58. The molecule has 0 radical (unpaired) electrons. The van der Waals surface area contributed by atoms with E-state index in [0.717, 1.165) is 0 Å². The van der Waals surface area contributed by atoms with Gasteiger partial charge in [0.05, 0.1) is 7.11 Å². The second kappa shape index (κ2) is 5.27. The van der Waals surface area contributed by atoms with Crippen LogP contribution in [0.15, 0.2) is 18.2 Å². The number of methoxy groups -OCH3 is 1. The zero-order valence-corrected chi connectivity index (χ0v) is 8.97. The molecule has 0 fully saturated rings. The smallest absolute Gasteiger partial charge is 0.340 e. The molecule has 0 aliphatic rings. The molecule has 1 unspecified atom stereocenters. The van der Waals surface area contributed by atoms with E-state index < -0.39 is 12.1 Å². The highest BCUT2D eigenvalue weighted by Crippen LogP contribution is 2.27. The Morgan fingerprint density at radius 1 is 1.44 bits per heavy atom. The van der Waals surface area contributed by atoms with E-state index in [9.17, 15) is 9.59 Å². The molecule has 1 rings (SSSR count). The van der Waals surface area contributed by atoms with E-state index in [1.54, 1.807) is 0 Å². The van der Waals surface area contributed by atoms with Crippen LogP contribution in [0.2, 0.25) is 0 Å². The van der Waals surface area contributed by atoms with Gasteiger partial charge in [-0.25, -0.2) is 4.79 Å². The number of aldehydes is 1. The van der Waals surface area contributed by atoms with Crippen LogP contribution in [0.4, 0.5) is 0 Å². The van der Waals surface area contributed by atoms with Crippen LogP contribution < -0.4 is 9.47 Å². The Hall–Kier alpha value is -1.88. The Morgan fingerprint density at radius 2 is 2.12 bits per heavy atom. The average Bonchev–Trinajstić information content (AvgIpc) is 2.28. The Kier molecular flexibility index (Phi) is 4.02. The van der Waals surface area contributed by atoms with Crippen LogP contribution in [0.25, 0.3) is 0 Å². The van der Waals surface area contributed by atoms with Crippen molar-refractivity contribution in [3.63, 3.8) is 0 Å². The van der Waals surface area contributed by atoms with Crippen LogP contribution in [-0.4, -0.2) is 30.6 Å². The van der Waals surface area contributed by atoms with Crippen LogP contribution in [-0.2, 0) is 4.79 Å². The monoisotopic (exact) mass is 224 g/mol. The van der Waals surface area contributed by atoms with Crippen molar-refractivity contribution in [2.45, 2.75) is 13.0 Å². The fourth-order valence-corrected chi connectivity index (χ4v) is 1.04. The van der Waals surface area contributed by atoms with E-state index in [1.165, 1.54) is 32.2 Å². The van der Waals surface area contributed by atoms with Gasteiger partial charge in [0.1, 0.15) is 12.4 Å². The molecule has 0 heterocycles. The van der Waals surface area contributed by atoms with Crippen molar-refractivity contribution < 1.29 is 24.2 Å². The fraction of sp³-hybridized carbons (Fsp3) is 0.273. The minimum Gasteiger partial charge on any atom is -0.493 e. The SMILES string of the molecule is COc1ccc(C=O)cc1OC(=O)C(C)O. The van der Waals surface area contributed by atoms with Gasteiger partial charge in [-0.3, -0.25) is 4.79 Å². The zero-order valence-electron chi connectivity index (χ0n) is 8.97. The molecule has 1 aromatic carbocycles. The zero-order chi connectivity index (χ0) is 12.1. The molecular formula is C11H12O5. The molecule has 86 valence electrons.